The minimum atomic E-state index is -0.950. The van der Waals surface area contributed by atoms with Gasteiger partial charge in [-0.1, -0.05) is 12.1 Å². The van der Waals surface area contributed by atoms with Gasteiger partial charge in [0.05, 0.1) is 5.56 Å². The third-order valence-corrected chi connectivity index (χ3v) is 3.20. The summed E-state index contributed by atoms with van der Waals surface area (Å²) in [6.07, 6.45) is 4.00. The number of carboxylic acid groups (broad SMARTS) is 1. The molecule has 1 aromatic carbocycles. The van der Waals surface area contributed by atoms with Crippen LogP contribution in [0, 0.1) is 5.92 Å². The van der Waals surface area contributed by atoms with Crippen molar-refractivity contribution in [1.29, 1.82) is 0 Å². The number of allylic oxidation sites excluding steroid dienone is 1. The molecule has 1 atom stereocenters. The molecule has 0 amide bonds. The summed E-state index contributed by atoms with van der Waals surface area (Å²) < 4.78 is 0. The normalized spacial score (nSPS) is 18.6. The third kappa shape index (κ3) is 2.13. The molecule has 0 saturated carbocycles. The summed E-state index contributed by atoms with van der Waals surface area (Å²) in [5, 5.41) is 8.89. The first kappa shape index (κ1) is 11.6. The predicted octanol–water partition coefficient (Wildman–Crippen LogP) is 2.71. The molecule has 0 heterocycles. The molecule has 1 aromatic rings. The number of Topliss-reactive ketones (excluding diaryl/α,β-unsaturated/α-hetero) is 1. The van der Waals surface area contributed by atoms with Crippen LogP contribution in [0.1, 0.15) is 39.1 Å². The average molecular weight is 230 g/mol. The van der Waals surface area contributed by atoms with Gasteiger partial charge in [-0.25, -0.2) is 4.79 Å². The highest BCUT2D eigenvalue weighted by Crippen LogP contribution is 2.28. The molecule has 1 aliphatic carbocycles. The molecular formula is C14H14O3. The molecule has 0 spiro atoms. The van der Waals surface area contributed by atoms with E-state index in [4.69, 9.17) is 5.11 Å². The Bertz CT molecular complexity index is 488. The zero-order valence-electron chi connectivity index (χ0n) is 9.48. The monoisotopic (exact) mass is 230 g/mol. The Morgan fingerprint density at radius 1 is 1.53 bits per heavy atom. The number of aryl methyl sites for hydroxylation is 1. The van der Waals surface area contributed by atoms with Gasteiger partial charge >= 0.3 is 5.97 Å². The van der Waals surface area contributed by atoms with Gasteiger partial charge in [-0.3, -0.25) is 4.79 Å². The SMILES string of the molecule is C=CCC1CCc2cc(C(=O)O)ccc2C1=O. The van der Waals surface area contributed by atoms with Gasteiger partial charge in [0.15, 0.2) is 5.78 Å². The summed E-state index contributed by atoms with van der Waals surface area (Å²) >= 11 is 0. The van der Waals surface area contributed by atoms with E-state index in [9.17, 15) is 9.59 Å². The maximum Gasteiger partial charge on any atom is 0.335 e. The van der Waals surface area contributed by atoms with Crippen molar-refractivity contribution in [2.75, 3.05) is 0 Å². The Kier molecular flexibility index (Phi) is 3.09. The van der Waals surface area contributed by atoms with Crippen LogP contribution in [0.25, 0.3) is 0 Å². The Balaban J connectivity index is 2.35. The molecule has 0 aliphatic heterocycles. The highest BCUT2D eigenvalue weighted by Gasteiger charge is 2.26. The van der Waals surface area contributed by atoms with Crippen molar-refractivity contribution in [2.45, 2.75) is 19.3 Å². The molecule has 17 heavy (non-hydrogen) atoms. The van der Waals surface area contributed by atoms with Gasteiger partial charge in [0.1, 0.15) is 0 Å². The lowest BCUT2D eigenvalue weighted by Gasteiger charge is -2.22. The number of aromatic carboxylic acids is 1. The van der Waals surface area contributed by atoms with Crippen molar-refractivity contribution in [3.63, 3.8) is 0 Å². The summed E-state index contributed by atoms with van der Waals surface area (Å²) in [4.78, 5) is 22.9. The second kappa shape index (κ2) is 4.53. The van der Waals surface area contributed by atoms with Crippen LogP contribution in [0.5, 0.6) is 0 Å². The maximum atomic E-state index is 12.1. The highest BCUT2D eigenvalue weighted by molar-refractivity contribution is 6.01. The zero-order valence-corrected chi connectivity index (χ0v) is 9.48. The van der Waals surface area contributed by atoms with E-state index in [2.05, 4.69) is 6.58 Å². The fourth-order valence-corrected chi connectivity index (χ4v) is 2.28. The van der Waals surface area contributed by atoms with Crippen LogP contribution < -0.4 is 0 Å². The molecule has 1 aliphatic rings. The summed E-state index contributed by atoms with van der Waals surface area (Å²) in [6.45, 7) is 3.65. The number of fused-ring (bicyclic) bond motifs is 1. The molecule has 3 heteroatoms. The number of hydrogen-bond acceptors (Lipinski definition) is 2. The molecule has 1 N–H and O–H groups in total. The van der Waals surface area contributed by atoms with E-state index in [-0.39, 0.29) is 17.3 Å². The van der Waals surface area contributed by atoms with Crippen molar-refractivity contribution < 1.29 is 14.7 Å². The fraction of sp³-hybridized carbons (Fsp3) is 0.286. The number of carboxylic acids is 1. The van der Waals surface area contributed by atoms with E-state index in [0.717, 1.165) is 18.4 Å². The van der Waals surface area contributed by atoms with Gasteiger partial charge in [-0.2, -0.15) is 0 Å². The van der Waals surface area contributed by atoms with Crippen molar-refractivity contribution in [3.8, 4) is 0 Å². The Morgan fingerprint density at radius 2 is 2.29 bits per heavy atom. The number of ketones is 1. The quantitative estimate of drug-likeness (QED) is 0.812. The van der Waals surface area contributed by atoms with E-state index in [0.29, 0.717) is 12.0 Å². The van der Waals surface area contributed by atoms with Crippen LogP contribution in [0.3, 0.4) is 0 Å². The molecular weight excluding hydrogens is 216 g/mol. The largest absolute Gasteiger partial charge is 0.478 e. The Labute approximate surface area is 99.8 Å². The molecule has 1 unspecified atom stereocenters. The topological polar surface area (TPSA) is 54.4 Å². The van der Waals surface area contributed by atoms with E-state index < -0.39 is 5.97 Å². The first-order valence-corrected chi connectivity index (χ1v) is 5.65. The van der Waals surface area contributed by atoms with Crippen molar-refractivity contribution >= 4 is 11.8 Å². The van der Waals surface area contributed by atoms with Gasteiger partial charge in [-0.05, 0) is 37.0 Å². The van der Waals surface area contributed by atoms with E-state index in [1.165, 1.54) is 6.07 Å². The van der Waals surface area contributed by atoms with E-state index >= 15 is 0 Å². The lowest BCUT2D eigenvalue weighted by molar-refractivity contribution is 0.0695. The van der Waals surface area contributed by atoms with Crippen LogP contribution in [-0.2, 0) is 6.42 Å². The minimum Gasteiger partial charge on any atom is -0.478 e. The second-order valence-corrected chi connectivity index (χ2v) is 4.30. The Hall–Kier alpha value is -1.90. The smallest absolute Gasteiger partial charge is 0.335 e. The Morgan fingerprint density at radius 3 is 2.94 bits per heavy atom. The minimum absolute atomic E-state index is 0.00989. The molecule has 0 bridgehead atoms. The standard InChI is InChI=1S/C14H14O3/c1-2-3-9-4-5-10-8-11(14(16)17)6-7-12(10)13(9)15/h2,6-9H,1,3-5H2,(H,16,17). The number of hydrogen-bond donors (Lipinski definition) is 1. The average Bonchev–Trinajstić information content (AvgIpc) is 2.32. The molecule has 0 aromatic heterocycles. The molecule has 0 saturated heterocycles. The van der Waals surface area contributed by atoms with Gasteiger partial charge in [0.25, 0.3) is 0 Å². The van der Waals surface area contributed by atoms with E-state index in [1.54, 1.807) is 18.2 Å². The number of benzene rings is 1. The van der Waals surface area contributed by atoms with Crippen molar-refractivity contribution in [3.05, 3.63) is 47.5 Å². The number of carbonyl (C=O) groups excluding carboxylic acids is 1. The lowest BCUT2D eigenvalue weighted by Crippen LogP contribution is -2.22. The summed E-state index contributed by atoms with van der Waals surface area (Å²) in [7, 11) is 0. The van der Waals surface area contributed by atoms with Crippen LogP contribution >= 0.6 is 0 Å². The first-order chi connectivity index (χ1) is 8.13. The third-order valence-electron chi connectivity index (χ3n) is 3.20. The lowest BCUT2D eigenvalue weighted by atomic mass is 9.80. The summed E-state index contributed by atoms with van der Waals surface area (Å²) in [5.74, 6) is -0.827. The fourth-order valence-electron chi connectivity index (χ4n) is 2.28. The maximum absolute atomic E-state index is 12.1. The molecule has 3 nitrogen and oxygen atoms in total. The number of rotatable bonds is 3. The zero-order chi connectivity index (χ0) is 12.4. The molecule has 0 fully saturated rings. The van der Waals surface area contributed by atoms with Crippen LogP contribution in [-0.4, -0.2) is 16.9 Å². The van der Waals surface area contributed by atoms with Crippen LogP contribution in [0.4, 0.5) is 0 Å². The van der Waals surface area contributed by atoms with Gasteiger partial charge in [-0.15, -0.1) is 6.58 Å². The highest BCUT2D eigenvalue weighted by atomic mass is 16.4. The van der Waals surface area contributed by atoms with Crippen molar-refractivity contribution in [2.24, 2.45) is 5.92 Å². The van der Waals surface area contributed by atoms with Crippen LogP contribution in [0.15, 0.2) is 30.9 Å². The van der Waals surface area contributed by atoms with Gasteiger partial charge < -0.3 is 5.11 Å². The van der Waals surface area contributed by atoms with Gasteiger partial charge in [0.2, 0.25) is 0 Å². The van der Waals surface area contributed by atoms with Crippen molar-refractivity contribution in [1.82, 2.24) is 0 Å². The second-order valence-electron chi connectivity index (χ2n) is 4.30. The summed E-state index contributed by atoms with van der Waals surface area (Å²) in [6, 6.07) is 4.74. The first-order valence-electron chi connectivity index (χ1n) is 5.65. The number of carbonyl (C=O) groups is 2. The summed E-state index contributed by atoms with van der Waals surface area (Å²) in [5.41, 5.74) is 1.78. The predicted molar refractivity (Wildman–Crippen MR) is 64.4 cm³/mol. The van der Waals surface area contributed by atoms with E-state index in [1.807, 2.05) is 0 Å². The molecule has 88 valence electrons. The molecule has 0 radical (unpaired) electrons. The van der Waals surface area contributed by atoms with Crippen LogP contribution in [0.2, 0.25) is 0 Å². The molecule has 2 rings (SSSR count). The van der Waals surface area contributed by atoms with Gasteiger partial charge in [0, 0.05) is 11.5 Å².